The summed E-state index contributed by atoms with van der Waals surface area (Å²) in [6, 6.07) is 0. The lowest BCUT2D eigenvalue weighted by molar-refractivity contribution is -0.0248. The van der Waals surface area contributed by atoms with Crippen molar-refractivity contribution in [2.75, 3.05) is 13.1 Å². The lowest BCUT2D eigenvalue weighted by atomic mass is 9.95. The minimum Gasteiger partial charge on any atom is -0.450 e. The number of ether oxygens (including phenoxy) is 1. The van der Waals surface area contributed by atoms with Gasteiger partial charge in [0.2, 0.25) is 0 Å². The van der Waals surface area contributed by atoms with Crippen molar-refractivity contribution in [3.8, 4) is 0 Å². The number of carboxylic acid groups (broad SMARTS) is 1. The van der Waals surface area contributed by atoms with Crippen molar-refractivity contribution < 1.29 is 14.6 Å². The maximum absolute atomic E-state index is 10.2. The van der Waals surface area contributed by atoms with Crippen molar-refractivity contribution in [1.29, 1.82) is 0 Å². The van der Waals surface area contributed by atoms with Crippen molar-refractivity contribution in [2.24, 2.45) is 0 Å². The standard InChI is InChI=1S/C7H13NO3/c1-7(11-6(9)10)2-4-8-5-3-7/h8H,2-5H2,1H3,(H,9,10). The first-order valence-corrected chi connectivity index (χ1v) is 3.75. The van der Waals surface area contributed by atoms with Gasteiger partial charge in [0.15, 0.2) is 0 Å². The molecule has 2 N–H and O–H groups in total. The highest BCUT2D eigenvalue weighted by molar-refractivity contribution is 5.57. The van der Waals surface area contributed by atoms with Gasteiger partial charge in [-0.1, -0.05) is 0 Å². The lowest BCUT2D eigenvalue weighted by Crippen LogP contribution is -2.42. The van der Waals surface area contributed by atoms with Crippen molar-refractivity contribution >= 4 is 6.16 Å². The highest BCUT2D eigenvalue weighted by Gasteiger charge is 2.30. The highest BCUT2D eigenvalue weighted by atomic mass is 16.7. The first-order chi connectivity index (χ1) is 5.12. The second-order valence-corrected chi connectivity index (χ2v) is 3.07. The molecule has 0 aliphatic carbocycles. The molecule has 0 amide bonds. The summed E-state index contributed by atoms with van der Waals surface area (Å²) >= 11 is 0. The van der Waals surface area contributed by atoms with Crippen LogP contribution >= 0.6 is 0 Å². The van der Waals surface area contributed by atoms with Gasteiger partial charge in [0, 0.05) is 0 Å². The average Bonchev–Trinajstić information content (AvgIpc) is 1.85. The number of carbonyl (C=O) groups is 1. The Balaban J connectivity index is 2.43. The van der Waals surface area contributed by atoms with E-state index in [1.807, 2.05) is 6.92 Å². The molecule has 1 saturated heterocycles. The molecule has 0 bridgehead atoms. The van der Waals surface area contributed by atoms with Crippen molar-refractivity contribution in [1.82, 2.24) is 5.32 Å². The topological polar surface area (TPSA) is 58.6 Å². The van der Waals surface area contributed by atoms with Gasteiger partial charge in [0.25, 0.3) is 0 Å². The number of hydrogen-bond acceptors (Lipinski definition) is 3. The molecule has 0 aromatic heterocycles. The van der Waals surface area contributed by atoms with Gasteiger partial charge in [-0.05, 0) is 32.9 Å². The minimum absolute atomic E-state index is 0.461. The zero-order valence-corrected chi connectivity index (χ0v) is 6.59. The molecule has 64 valence electrons. The molecule has 0 atom stereocenters. The number of nitrogens with one attached hydrogen (secondary N) is 1. The molecule has 0 radical (unpaired) electrons. The quantitative estimate of drug-likeness (QED) is 0.556. The molecule has 1 fully saturated rings. The molecule has 4 nitrogen and oxygen atoms in total. The van der Waals surface area contributed by atoms with E-state index in [1.165, 1.54) is 0 Å². The van der Waals surface area contributed by atoms with Gasteiger partial charge in [-0.25, -0.2) is 4.79 Å². The molecule has 0 unspecified atom stereocenters. The summed E-state index contributed by atoms with van der Waals surface area (Å²) in [7, 11) is 0. The molecule has 0 aromatic carbocycles. The Kier molecular flexibility index (Phi) is 2.34. The molecule has 0 spiro atoms. The van der Waals surface area contributed by atoms with Gasteiger partial charge in [0.1, 0.15) is 5.60 Å². The molecule has 4 heteroatoms. The largest absolute Gasteiger partial charge is 0.506 e. The molecule has 1 rings (SSSR count). The lowest BCUT2D eigenvalue weighted by Gasteiger charge is -2.32. The Morgan fingerprint density at radius 1 is 1.55 bits per heavy atom. The summed E-state index contributed by atoms with van der Waals surface area (Å²) in [5, 5.41) is 11.5. The van der Waals surface area contributed by atoms with Gasteiger partial charge in [-0.15, -0.1) is 0 Å². The van der Waals surface area contributed by atoms with E-state index >= 15 is 0 Å². The number of piperidine rings is 1. The fourth-order valence-corrected chi connectivity index (χ4v) is 1.27. The summed E-state index contributed by atoms with van der Waals surface area (Å²) in [6.45, 7) is 3.51. The van der Waals surface area contributed by atoms with Crippen molar-refractivity contribution in [2.45, 2.75) is 25.4 Å². The van der Waals surface area contributed by atoms with Crippen LogP contribution in [0.1, 0.15) is 19.8 Å². The Bertz CT molecular complexity index is 152. The van der Waals surface area contributed by atoms with E-state index in [9.17, 15) is 4.79 Å². The monoisotopic (exact) mass is 159 g/mol. The molecule has 0 saturated carbocycles. The summed E-state index contributed by atoms with van der Waals surface area (Å²) < 4.78 is 4.76. The normalized spacial score (nSPS) is 22.6. The van der Waals surface area contributed by atoms with Crippen molar-refractivity contribution in [3.05, 3.63) is 0 Å². The van der Waals surface area contributed by atoms with Crippen molar-refractivity contribution in [3.63, 3.8) is 0 Å². The zero-order chi connectivity index (χ0) is 8.32. The zero-order valence-electron chi connectivity index (χ0n) is 6.59. The van der Waals surface area contributed by atoms with E-state index in [2.05, 4.69) is 5.32 Å². The maximum atomic E-state index is 10.2. The van der Waals surface area contributed by atoms with E-state index in [-0.39, 0.29) is 0 Å². The summed E-state index contributed by atoms with van der Waals surface area (Å²) in [6.07, 6.45) is 0.355. The SMILES string of the molecule is CC1(OC(=O)O)CCNCC1. The van der Waals surface area contributed by atoms with Crippen LogP contribution in [0.5, 0.6) is 0 Å². The summed E-state index contributed by atoms with van der Waals surface area (Å²) in [5.74, 6) is 0. The third kappa shape index (κ3) is 2.38. The van der Waals surface area contributed by atoms with Crippen LogP contribution in [-0.2, 0) is 4.74 Å². The first kappa shape index (κ1) is 8.33. The Labute approximate surface area is 65.5 Å². The van der Waals surface area contributed by atoms with Gasteiger partial charge in [-0.3, -0.25) is 0 Å². The van der Waals surface area contributed by atoms with Crippen LogP contribution in [0.4, 0.5) is 4.79 Å². The summed E-state index contributed by atoms with van der Waals surface area (Å²) in [5.41, 5.74) is -0.461. The van der Waals surface area contributed by atoms with Gasteiger partial charge in [0.05, 0.1) is 0 Å². The third-order valence-electron chi connectivity index (χ3n) is 1.99. The minimum atomic E-state index is -1.17. The molecule has 0 aromatic rings. The first-order valence-electron chi connectivity index (χ1n) is 3.75. The van der Waals surface area contributed by atoms with Crippen LogP contribution in [0.25, 0.3) is 0 Å². The van der Waals surface area contributed by atoms with E-state index in [4.69, 9.17) is 9.84 Å². The van der Waals surface area contributed by atoms with E-state index in [0.717, 1.165) is 25.9 Å². The molecule has 1 aliphatic heterocycles. The van der Waals surface area contributed by atoms with Gasteiger partial charge < -0.3 is 15.2 Å². The Morgan fingerprint density at radius 3 is 2.55 bits per heavy atom. The summed E-state index contributed by atoms with van der Waals surface area (Å²) in [4.78, 5) is 10.2. The maximum Gasteiger partial charge on any atom is 0.506 e. The molecular formula is C7H13NO3. The number of hydrogen-bond donors (Lipinski definition) is 2. The predicted octanol–water partition coefficient (Wildman–Crippen LogP) is 0.823. The Hall–Kier alpha value is -0.770. The molecular weight excluding hydrogens is 146 g/mol. The fourth-order valence-electron chi connectivity index (χ4n) is 1.27. The predicted molar refractivity (Wildman–Crippen MR) is 39.6 cm³/mol. The highest BCUT2D eigenvalue weighted by Crippen LogP contribution is 2.21. The smallest absolute Gasteiger partial charge is 0.450 e. The van der Waals surface area contributed by atoms with E-state index in [0.29, 0.717) is 0 Å². The molecule has 1 aliphatic rings. The Morgan fingerprint density at radius 2 is 2.09 bits per heavy atom. The third-order valence-corrected chi connectivity index (χ3v) is 1.99. The molecule has 11 heavy (non-hydrogen) atoms. The molecule has 1 heterocycles. The van der Waals surface area contributed by atoms with Crippen LogP contribution in [0.3, 0.4) is 0 Å². The van der Waals surface area contributed by atoms with Gasteiger partial charge in [-0.2, -0.15) is 0 Å². The van der Waals surface area contributed by atoms with Crippen LogP contribution in [0, 0.1) is 0 Å². The van der Waals surface area contributed by atoms with E-state index in [1.54, 1.807) is 0 Å². The van der Waals surface area contributed by atoms with Gasteiger partial charge >= 0.3 is 6.16 Å². The van der Waals surface area contributed by atoms with Crippen LogP contribution in [0.15, 0.2) is 0 Å². The van der Waals surface area contributed by atoms with E-state index < -0.39 is 11.8 Å². The van der Waals surface area contributed by atoms with Crippen LogP contribution in [-0.4, -0.2) is 30.0 Å². The van der Waals surface area contributed by atoms with Crippen LogP contribution in [0.2, 0.25) is 0 Å². The average molecular weight is 159 g/mol. The fraction of sp³-hybridized carbons (Fsp3) is 0.857. The second kappa shape index (κ2) is 3.09. The number of rotatable bonds is 1. The van der Waals surface area contributed by atoms with Crippen LogP contribution < -0.4 is 5.32 Å². The second-order valence-electron chi connectivity index (χ2n) is 3.07.